The van der Waals surface area contributed by atoms with Crippen LogP contribution in [0.25, 0.3) is 0 Å². The summed E-state index contributed by atoms with van der Waals surface area (Å²) in [6, 6.07) is 0. The number of carbonyl (C=O) groups excluding carboxylic acids is 1. The number of rotatable bonds is 6. The molecule has 2 saturated carbocycles. The van der Waals surface area contributed by atoms with Crippen molar-refractivity contribution in [3.63, 3.8) is 0 Å². The zero-order valence-electron chi connectivity index (χ0n) is 22.7. The zero-order valence-corrected chi connectivity index (χ0v) is 22.7. The van der Waals surface area contributed by atoms with Crippen LogP contribution in [0.5, 0.6) is 0 Å². The third kappa shape index (κ3) is 3.70. The number of ketones is 1. The number of fused-ring (bicyclic) bond motifs is 5. The molecule has 0 spiro atoms. The molecule has 0 saturated heterocycles. The van der Waals surface area contributed by atoms with E-state index in [1.54, 1.807) is 0 Å². The Morgan fingerprint density at radius 3 is 2.31 bits per heavy atom. The Hall–Kier alpha value is -1.46. The molecule has 4 rings (SSSR count). The van der Waals surface area contributed by atoms with Gasteiger partial charge in [-0.15, -0.1) is 0 Å². The minimum absolute atomic E-state index is 0.0317. The van der Waals surface area contributed by atoms with Crippen LogP contribution in [-0.4, -0.2) is 39.3 Å². The van der Waals surface area contributed by atoms with Crippen molar-refractivity contribution < 1.29 is 24.9 Å². The molecule has 4 aliphatic carbocycles. The van der Waals surface area contributed by atoms with Crippen molar-refractivity contribution in [2.45, 2.75) is 106 Å². The van der Waals surface area contributed by atoms with Gasteiger partial charge < -0.3 is 15.3 Å². The number of aliphatic carboxylic acids is 1. The molecule has 0 radical (unpaired) electrons. The molecule has 196 valence electrons. The lowest BCUT2D eigenvalue weighted by Gasteiger charge is -2.61. The van der Waals surface area contributed by atoms with Crippen molar-refractivity contribution in [2.24, 2.45) is 45.3 Å². The molecule has 0 amide bonds. The average Bonchev–Trinajstić information content (AvgIpc) is 2.97. The van der Waals surface area contributed by atoms with E-state index in [9.17, 15) is 24.9 Å². The van der Waals surface area contributed by atoms with Gasteiger partial charge in [0.2, 0.25) is 0 Å². The van der Waals surface area contributed by atoms with Gasteiger partial charge in [-0.25, -0.2) is 0 Å². The summed E-state index contributed by atoms with van der Waals surface area (Å²) < 4.78 is 0. The fourth-order valence-electron chi connectivity index (χ4n) is 8.86. The molecule has 4 aliphatic rings. The second-order valence-electron chi connectivity index (χ2n) is 13.7. The van der Waals surface area contributed by atoms with E-state index in [2.05, 4.69) is 46.8 Å². The van der Waals surface area contributed by atoms with Gasteiger partial charge in [0, 0.05) is 23.7 Å². The number of aliphatic hydroxyl groups excluding tert-OH is 2. The first kappa shape index (κ1) is 26.6. The van der Waals surface area contributed by atoms with Crippen LogP contribution in [0.1, 0.15) is 93.4 Å². The third-order valence-electron chi connectivity index (χ3n) is 11.4. The second kappa shape index (κ2) is 8.55. The molecular formula is C30H46O5. The van der Waals surface area contributed by atoms with E-state index in [-0.39, 0.29) is 46.9 Å². The normalized spacial score (nSPS) is 42.9. The third-order valence-corrected chi connectivity index (χ3v) is 11.4. The molecule has 0 aromatic carbocycles. The Bertz CT molecular complexity index is 960. The molecule has 0 aromatic rings. The predicted octanol–water partition coefficient (Wildman–Crippen LogP) is 5.55. The van der Waals surface area contributed by atoms with Gasteiger partial charge >= 0.3 is 5.97 Å². The SMILES string of the molecule is CC(C)C(=O)CC[C@@H](C(=O)O)[C@H]1[C@H](O)C[C@@]2(C)C3=CCC4C(C)(C)[C@@H](O)CC[C@]4(C)C3=CC[C@]12C. The van der Waals surface area contributed by atoms with E-state index in [1.807, 2.05) is 13.8 Å². The van der Waals surface area contributed by atoms with Crippen LogP contribution < -0.4 is 0 Å². The molecule has 2 fully saturated rings. The number of Topliss-reactive ketones (excluding diaryl/α,β-unsaturated/α-hetero) is 1. The summed E-state index contributed by atoms with van der Waals surface area (Å²) in [6.07, 6.45) is 8.09. The van der Waals surface area contributed by atoms with Crippen molar-refractivity contribution in [3.05, 3.63) is 23.3 Å². The van der Waals surface area contributed by atoms with Gasteiger partial charge in [0.15, 0.2) is 0 Å². The van der Waals surface area contributed by atoms with E-state index in [4.69, 9.17) is 0 Å². The van der Waals surface area contributed by atoms with Gasteiger partial charge in [0.25, 0.3) is 0 Å². The fraction of sp³-hybridized carbons (Fsp3) is 0.800. The highest BCUT2D eigenvalue weighted by Gasteiger charge is 2.66. The molecule has 5 nitrogen and oxygen atoms in total. The molecule has 3 N–H and O–H groups in total. The van der Waals surface area contributed by atoms with E-state index < -0.39 is 29.3 Å². The Balaban J connectivity index is 1.72. The largest absolute Gasteiger partial charge is 0.481 e. The van der Waals surface area contributed by atoms with E-state index >= 15 is 0 Å². The molecule has 0 heterocycles. The lowest BCUT2D eigenvalue weighted by atomic mass is 9.44. The Labute approximate surface area is 211 Å². The van der Waals surface area contributed by atoms with Crippen LogP contribution in [-0.2, 0) is 9.59 Å². The highest BCUT2D eigenvalue weighted by atomic mass is 16.4. The summed E-state index contributed by atoms with van der Waals surface area (Å²) in [4.78, 5) is 24.8. The maximum absolute atomic E-state index is 12.5. The topological polar surface area (TPSA) is 94.8 Å². The van der Waals surface area contributed by atoms with Crippen LogP contribution in [0.15, 0.2) is 23.3 Å². The standard InChI is InChI=1S/C30H46O5/c1-17(2)21(31)10-8-18(26(34)35)25-22(32)16-30(7)20-9-11-23-27(3,4)24(33)13-14-28(23,5)19(20)12-15-29(25,30)6/h9,12,17-18,22-25,32-33H,8,10-11,13-16H2,1-7H3,(H,34,35)/t18-,22-,23?,24+,25+,28-,29-,30+/m1/s1. The fourth-order valence-corrected chi connectivity index (χ4v) is 8.86. The van der Waals surface area contributed by atoms with Gasteiger partial charge in [0.05, 0.1) is 18.1 Å². The van der Waals surface area contributed by atoms with Crippen molar-refractivity contribution in [2.75, 3.05) is 0 Å². The van der Waals surface area contributed by atoms with Crippen molar-refractivity contribution in [3.8, 4) is 0 Å². The highest BCUT2D eigenvalue weighted by molar-refractivity contribution is 5.81. The Morgan fingerprint density at radius 2 is 1.71 bits per heavy atom. The average molecular weight is 487 g/mol. The van der Waals surface area contributed by atoms with E-state index in [1.165, 1.54) is 11.1 Å². The van der Waals surface area contributed by atoms with Gasteiger partial charge in [-0.3, -0.25) is 9.59 Å². The summed E-state index contributed by atoms with van der Waals surface area (Å²) in [7, 11) is 0. The van der Waals surface area contributed by atoms with Gasteiger partial charge in [-0.1, -0.05) is 60.6 Å². The van der Waals surface area contributed by atoms with Gasteiger partial charge in [-0.05, 0) is 71.8 Å². The van der Waals surface area contributed by atoms with Crippen molar-refractivity contribution >= 4 is 11.8 Å². The molecular weight excluding hydrogens is 440 g/mol. The van der Waals surface area contributed by atoms with Crippen LogP contribution >= 0.6 is 0 Å². The summed E-state index contributed by atoms with van der Waals surface area (Å²) in [6.45, 7) is 14.9. The number of carbonyl (C=O) groups is 2. The van der Waals surface area contributed by atoms with Crippen molar-refractivity contribution in [1.82, 2.24) is 0 Å². The first-order chi connectivity index (χ1) is 16.1. The highest BCUT2D eigenvalue weighted by Crippen LogP contribution is 2.71. The Morgan fingerprint density at radius 1 is 1.06 bits per heavy atom. The molecule has 5 heteroatoms. The predicted molar refractivity (Wildman–Crippen MR) is 137 cm³/mol. The second-order valence-corrected chi connectivity index (χ2v) is 13.7. The number of hydrogen-bond acceptors (Lipinski definition) is 4. The summed E-state index contributed by atoms with van der Waals surface area (Å²) in [5.41, 5.74) is 1.72. The number of carboxylic acids is 1. The first-order valence-corrected chi connectivity index (χ1v) is 13.6. The van der Waals surface area contributed by atoms with Crippen LogP contribution in [0.3, 0.4) is 0 Å². The maximum Gasteiger partial charge on any atom is 0.306 e. The monoisotopic (exact) mass is 486 g/mol. The molecule has 35 heavy (non-hydrogen) atoms. The smallest absolute Gasteiger partial charge is 0.306 e. The number of allylic oxidation sites excluding steroid dienone is 4. The summed E-state index contributed by atoms with van der Waals surface area (Å²) in [5, 5.41) is 32.4. The molecule has 1 unspecified atom stereocenters. The summed E-state index contributed by atoms with van der Waals surface area (Å²) in [5.74, 6) is -1.74. The molecule has 8 atom stereocenters. The summed E-state index contributed by atoms with van der Waals surface area (Å²) >= 11 is 0. The minimum Gasteiger partial charge on any atom is -0.481 e. The van der Waals surface area contributed by atoms with Gasteiger partial charge in [-0.2, -0.15) is 0 Å². The number of hydrogen-bond donors (Lipinski definition) is 3. The van der Waals surface area contributed by atoms with Crippen LogP contribution in [0.2, 0.25) is 0 Å². The van der Waals surface area contributed by atoms with Crippen LogP contribution in [0, 0.1) is 45.3 Å². The number of aliphatic hydroxyl groups is 2. The first-order valence-electron chi connectivity index (χ1n) is 13.6. The molecule has 0 bridgehead atoms. The van der Waals surface area contributed by atoms with E-state index in [0.29, 0.717) is 12.3 Å². The number of carboxylic acid groups (broad SMARTS) is 1. The lowest BCUT2D eigenvalue weighted by molar-refractivity contribution is -0.148. The quantitative estimate of drug-likeness (QED) is 0.458. The minimum atomic E-state index is -0.904. The van der Waals surface area contributed by atoms with Crippen LogP contribution in [0.4, 0.5) is 0 Å². The lowest BCUT2D eigenvalue weighted by Crippen LogP contribution is -2.54. The van der Waals surface area contributed by atoms with E-state index in [0.717, 1.165) is 25.7 Å². The maximum atomic E-state index is 12.5. The van der Waals surface area contributed by atoms with Crippen molar-refractivity contribution in [1.29, 1.82) is 0 Å². The van der Waals surface area contributed by atoms with Gasteiger partial charge in [0.1, 0.15) is 5.78 Å². The zero-order chi connectivity index (χ0) is 26.1. The molecule has 0 aliphatic heterocycles. The molecule has 0 aromatic heterocycles. The Kier molecular flexibility index (Phi) is 6.50.